The van der Waals surface area contributed by atoms with Gasteiger partial charge in [0.2, 0.25) is 5.91 Å². The maximum atomic E-state index is 13.1. The highest BCUT2D eigenvalue weighted by molar-refractivity contribution is 5.89. The molecule has 1 saturated heterocycles. The molecule has 2 aliphatic rings. The van der Waals surface area contributed by atoms with Gasteiger partial charge in [-0.2, -0.15) is 0 Å². The average molecular weight is 429 g/mol. The maximum Gasteiger partial charge on any atom is 0.321 e. The SMILES string of the molecule is O=C(NCc1ccco1)[C@H](C1CCCC1)N1CCN(C(=O)Nc2ccc(F)cc2)CC1. The van der Waals surface area contributed by atoms with Crippen LogP contribution in [0.1, 0.15) is 31.4 Å². The third-order valence-electron chi connectivity index (χ3n) is 6.22. The summed E-state index contributed by atoms with van der Waals surface area (Å²) < 4.78 is 18.4. The topological polar surface area (TPSA) is 77.8 Å². The first kappa shape index (κ1) is 21.4. The number of hydrogen-bond acceptors (Lipinski definition) is 4. The van der Waals surface area contributed by atoms with E-state index in [2.05, 4.69) is 15.5 Å². The lowest BCUT2D eigenvalue weighted by molar-refractivity contribution is -0.129. The van der Waals surface area contributed by atoms with Crippen molar-refractivity contribution in [1.29, 1.82) is 0 Å². The molecule has 1 aliphatic heterocycles. The molecule has 2 fully saturated rings. The molecule has 1 aromatic heterocycles. The Balaban J connectivity index is 1.33. The molecular weight excluding hydrogens is 399 g/mol. The first-order valence-corrected chi connectivity index (χ1v) is 11.0. The fourth-order valence-electron chi connectivity index (χ4n) is 4.58. The molecule has 0 bridgehead atoms. The second-order valence-corrected chi connectivity index (χ2v) is 8.25. The molecule has 4 rings (SSSR count). The second-order valence-electron chi connectivity index (χ2n) is 8.25. The maximum absolute atomic E-state index is 13.1. The van der Waals surface area contributed by atoms with E-state index in [-0.39, 0.29) is 23.8 Å². The summed E-state index contributed by atoms with van der Waals surface area (Å²) in [6.45, 7) is 2.76. The molecule has 0 unspecified atom stereocenters. The molecule has 8 heteroatoms. The van der Waals surface area contributed by atoms with E-state index >= 15 is 0 Å². The van der Waals surface area contributed by atoms with Gasteiger partial charge in [-0.15, -0.1) is 0 Å². The smallest absolute Gasteiger partial charge is 0.321 e. The molecule has 1 saturated carbocycles. The number of furan rings is 1. The predicted octanol–water partition coefficient (Wildman–Crippen LogP) is 3.44. The normalized spacial score (nSPS) is 18.7. The lowest BCUT2D eigenvalue weighted by atomic mass is 9.95. The van der Waals surface area contributed by atoms with Gasteiger partial charge < -0.3 is 20.0 Å². The molecule has 1 aliphatic carbocycles. The number of hydrogen-bond donors (Lipinski definition) is 2. The monoisotopic (exact) mass is 428 g/mol. The Kier molecular flexibility index (Phi) is 6.86. The van der Waals surface area contributed by atoms with Crippen molar-refractivity contribution in [1.82, 2.24) is 15.1 Å². The Morgan fingerprint density at radius 2 is 1.77 bits per heavy atom. The van der Waals surface area contributed by atoms with Gasteiger partial charge in [-0.05, 0) is 55.2 Å². The van der Waals surface area contributed by atoms with E-state index in [4.69, 9.17) is 4.42 Å². The first-order valence-electron chi connectivity index (χ1n) is 11.0. The highest BCUT2D eigenvalue weighted by Crippen LogP contribution is 2.31. The van der Waals surface area contributed by atoms with Crippen LogP contribution in [0.15, 0.2) is 47.1 Å². The Bertz CT molecular complexity index is 857. The molecule has 31 heavy (non-hydrogen) atoms. The predicted molar refractivity (Wildman–Crippen MR) is 115 cm³/mol. The van der Waals surface area contributed by atoms with Gasteiger partial charge in [0.25, 0.3) is 0 Å². The number of carbonyl (C=O) groups excluding carboxylic acids is 2. The minimum Gasteiger partial charge on any atom is -0.467 e. The lowest BCUT2D eigenvalue weighted by Crippen LogP contribution is -2.58. The highest BCUT2D eigenvalue weighted by atomic mass is 19.1. The standard InChI is InChI=1S/C23H29FN4O3/c24-18-7-9-19(10-8-18)26-23(30)28-13-11-27(12-14-28)21(17-4-1-2-5-17)22(29)25-16-20-6-3-15-31-20/h3,6-10,15,17,21H,1-2,4-5,11-14,16H2,(H,25,29)(H,26,30)/t21-/m0/s1. The van der Waals surface area contributed by atoms with E-state index in [1.807, 2.05) is 12.1 Å². The zero-order valence-electron chi connectivity index (χ0n) is 17.6. The number of amides is 3. The molecule has 1 atom stereocenters. The molecule has 166 valence electrons. The first-order chi connectivity index (χ1) is 15.1. The van der Waals surface area contributed by atoms with Crippen LogP contribution in [0.3, 0.4) is 0 Å². The number of benzene rings is 1. The Hall–Kier alpha value is -2.87. The van der Waals surface area contributed by atoms with Gasteiger partial charge in [0.1, 0.15) is 11.6 Å². The fourth-order valence-corrected chi connectivity index (χ4v) is 4.58. The number of rotatable bonds is 6. The van der Waals surface area contributed by atoms with E-state index in [9.17, 15) is 14.0 Å². The van der Waals surface area contributed by atoms with Crippen LogP contribution < -0.4 is 10.6 Å². The summed E-state index contributed by atoms with van der Waals surface area (Å²) >= 11 is 0. The lowest BCUT2D eigenvalue weighted by Gasteiger charge is -2.40. The van der Waals surface area contributed by atoms with Gasteiger partial charge in [-0.3, -0.25) is 9.69 Å². The summed E-state index contributed by atoms with van der Waals surface area (Å²) in [5.74, 6) is 0.777. The van der Waals surface area contributed by atoms with Gasteiger partial charge in [-0.25, -0.2) is 9.18 Å². The van der Waals surface area contributed by atoms with Crippen LogP contribution in [0.25, 0.3) is 0 Å². The van der Waals surface area contributed by atoms with Gasteiger partial charge >= 0.3 is 6.03 Å². The van der Waals surface area contributed by atoms with E-state index in [1.54, 1.807) is 23.3 Å². The summed E-state index contributed by atoms with van der Waals surface area (Å²) in [4.78, 5) is 29.6. The number of urea groups is 1. The fraction of sp³-hybridized carbons (Fsp3) is 0.478. The molecule has 7 nitrogen and oxygen atoms in total. The Labute approximate surface area is 181 Å². The van der Waals surface area contributed by atoms with Crippen LogP contribution in [-0.4, -0.2) is 54.0 Å². The minimum absolute atomic E-state index is 0.0347. The summed E-state index contributed by atoms with van der Waals surface area (Å²) in [6.07, 6.45) is 6.04. The number of nitrogens with zero attached hydrogens (tertiary/aromatic N) is 2. The zero-order chi connectivity index (χ0) is 21.6. The van der Waals surface area contributed by atoms with Crippen LogP contribution in [0.2, 0.25) is 0 Å². The van der Waals surface area contributed by atoms with E-state index in [0.29, 0.717) is 44.3 Å². The van der Waals surface area contributed by atoms with Crippen molar-refractivity contribution in [3.63, 3.8) is 0 Å². The van der Waals surface area contributed by atoms with Crippen molar-refractivity contribution < 1.29 is 18.4 Å². The summed E-state index contributed by atoms with van der Waals surface area (Å²) in [5, 5.41) is 5.84. The van der Waals surface area contributed by atoms with E-state index in [0.717, 1.165) is 31.4 Å². The van der Waals surface area contributed by atoms with Gasteiger partial charge in [0.05, 0.1) is 18.8 Å². The summed E-state index contributed by atoms with van der Waals surface area (Å²) in [7, 11) is 0. The molecule has 2 aromatic rings. The van der Waals surface area contributed by atoms with Crippen LogP contribution in [0.4, 0.5) is 14.9 Å². The summed E-state index contributed by atoms with van der Waals surface area (Å²) in [6, 6.07) is 9.01. The number of nitrogens with one attached hydrogen (secondary N) is 2. The van der Waals surface area contributed by atoms with Gasteiger partial charge in [0, 0.05) is 31.9 Å². The van der Waals surface area contributed by atoms with Crippen LogP contribution in [0.5, 0.6) is 0 Å². The van der Waals surface area contributed by atoms with E-state index in [1.165, 1.54) is 12.1 Å². The molecule has 3 amide bonds. The van der Waals surface area contributed by atoms with Crippen LogP contribution in [0, 0.1) is 11.7 Å². The van der Waals surface area contributed by atoms with Crippen molar-refractivity contribution in [3.8, 4) is 0 Å². The average Bonchev–Trinajstić information content (AvgIpc) is 3.49. The number of anilines is 1. The molecule has 1 aromatic carbocycles. The Morgan fingerprint density at radius 3 is 2.42 bits per heavy atom. The number of halogens is 1. The van der Waals surface area contributed by atoms with Crippen LogP contribution >= 0.6 is 0 Å². The van der Waals surface area contributed by atoms with Crippen molar-refractivity contribution >= 4 is 17.6 Å². The van der Waals surface area contributed by atoms with Crippen molar-refractivity contribution in [3.05, 3.63) is 54.2 Å². The Morgan fingerprint density at radius 1 is 1.06 bits per heavy atom. The third-order valence-corrected chi connectivity index (χ3v) is 6.22. The van der Waals surface area contributed by atoms with Crippen molar-refractivity contribution in [2.24, 2.45) is 5.92 Å². The summed E-state index contributed by atoms with van der Waals surface area (Å²) in [5.41, 5.74) is 0.565. The van der Waals surface area contributed by atoms with E-state index < -0.39 is 0 Å². The molecule has 2 heterocycles. The highest BCUT2D eigenvalue weighted by Gasteiger charge is 2.37. The molecule has 2 N–H and O–H groups in total. The molecule has 0 radical (unpaired) electrons. The van der Waals surface area contributed by atoms with Crippen LogP contribution in [-0.2, 0) is 11.3 Å². The quantitative estimate of drug-likeness (QED) is 0.739. The number of piperazine rings is 1. The zero-order valence-corrected chi connectivity index (χ0v) is 17.6. The largest absolute Gasteiger partial charge is 0.467 e. The van der Waals surface area contributed by atoms with Crippen molar-refractivity contribution in [2.45, 2.75) is 38.3 Å². The second kappa shape index (κ2) is 9.96. The molecule has 0 spiro atoms. The van der Waals surface area contributed by atoms with Gasteiger partial charge in [-0.1, -0.05) is 12.8 Å². The third kappa shape index (κ3) is 5.44. The molecular formula is C23H29FN4O3. The van der Waals surface area contributed by atoms with Gasteiger partial charge in [0.15, 0.2) is 0 Å². The minimum atomic E-state index is -0.338. The van der Waals surface area contributed by atoms with Crippen molar-refractivity contribution in [2.75, 3.05) is 31.5 Å². The number of carbonyl (C=O) groups is 2.